The third-order valence-electron chi connectivity index (χ3n) is 9.85. The van der Waals surface area contributed by atoms with Crippen molar-refractivity contribution in [1.29, 1.82) is 0 Å². The molecule has 0 radical (unpaired) electrons. The molecule has 26 heavy (non-hydrogen) atoms. The van der Waals surface area contributed by atoms with E-state index in [1.165, 1.54) is 18.4 Å². The molecule has 3 aliphatic heterocycles. The van der Waals surface area contributed by atoms with E-state index >= 15 is 0 Å². The van der Waals surface area contributed by atoms with Crippen LogP contribution in [0.3, 0.4) is 0 Å². The van der Waals surface area contributed by atoms with Crippen LogP contribution in [0.2, 0.25) is 0 Å². The first-order chi connectivity index (χ1) is 12.4. The Hall–Kier alpha value is -0.870. The topological polar surface area (TPSA) is 49.4 Å². The highest BCUT2D eigenvalue weighted by Crippen LogP contribution is 2.71. The Morgan fingerprint density at radius 2 is 2.08 bits per heavy atom. The molecule has 3 saturated heterocycles. The van der Waals surface area contributed by atoms with Gasteiger partial charge in [0.2, 0.25) is 0 Å². The van der Waals surface area contributed by atoms with E-state index in [1.807, 2.05) is 0 Å². The van der Waals surface area contributed by atoms with Crippen molar-refractivity contribution in [3.63, 3.8) is 0 Å². The summed E-state index contributed by atoms with van der Waals surface area (Å²) in [6.45, 7) is 5.32. The van der Waals surface area contributed by atoms with Crippen LogP contribution in [0.5, 0.6) is 0 Å². The number of hydrogen-bond donors (Lipinski definition) is 0. The van der Waals surface area contributed by atoms with Gasteiger partial charge in [-0.15, -0.1) is 0 Å². The number of rotatable bonds is 0. The Balaban J connectivity index is 1.58. The molecular weight excluding hydrogens is 326 g/mol. The molecule has 9 atom stereocenters. The van der Waals surface area contributed by atoms with E-state index in [0.717, 1.165) is 38.6 Å². The van der Waals surface area contributed by atoms with Crippen LogP contribution in [0.1, 0.15) is 65.2 Å². The van der Waals surface area contributed by atoms with Gasteiger partial charge in [-0.1, -0.05) is 13.0 Å². The number of quaternary nitrogens is 1. The zero-order valence-electron chi connectivity index (χ0n) is 16.1. The zero-order valence-corrected chi connectivity index (χ0v) is 16.1. The lowest BCUT2D eigenvalue weighted by molar-refractivity contribution is -0.936. The van der Waals surface area contributed by atoms with Crippen molar-refractivity contribution in [3.8, 4) is 0 Å². The fourth-order valence-electron chi connectivity index (χ4n) is 9.05. The molecule has 0 N–H and O–H groups in total. The van der Waals surface area contributed by atoms with Gasteiger partial charge >= 0.3 is 5.97 Å². The van der Waals surface area contributed by atoms with E-state index in [-0.39, 0.29) is 34.0 Å². The van der Waals surface area contributed by atoms with Gasteiger partial charge < -0.3 is 14.6 Å². The SMILES string of the molecule is C[C@@H]1C[N+]2([O-])[C@H]3C4=CCC[C@@H]4CC[C@@H]3[C@]3(C)OC(=O)CC[C@]34CC[C@H]1[C@@H]42. The molecule has 5 fully saturated rings. The van der Waals surface area contributed by atoms with Gasteiger partial charge in [0.25, 0.3) is 0 Å². The van der Waals surface area contributed by atoms with Crippen LogP contribution >= 0.6 is 0 Å². The number of ether oxygens (including phenoxy) is 1. The number of piperidine rings is 1. The summed E-state index contributed by atoms with van der Waals surface area (Å²) in [6.07, 6.45) is 10.6. The van der Waals surface area contributed by atoms with Crippen molar-refractivity contribution in [2.24, 2.45) is 29.1 Å². The third-order valence-corrected chi connectivity index (χ3v) is 9.85. The Bertz CT molecular complexity index is 718. The fourth-order valence-corrected chi connectivity index (χ4v) is 9.05. The van der Waals surface area contributed by atoms with Crippen LogP contribution in [0.25, 0.3) is 0 Å². The minimum absolute atomic E-state index is 0.0198. The molecule has 6 aliphatic rings. The van der Waals surface area contributed by atoms with Gasteiger partial charge in [-0.05, 0) is 63.4 Å². The van der Waals surface area contributed by atoms with Crippen molar-refractivity contribution in [1.82, 2.24) is 0 Å². The summed E-state index contributed by atoms with van der Waals surface area (Å²) in [7, 11) is 0. The summed E-state index contributed by atoms with van der Waals surface area (Å²) in [5.41, 5.74) is 0.940. The van der Waals surface area contributed by atoms with Crippen molar-refractivity contribution in [3.05, 3.63) is 16.9 Å². The van der Waals surface area contributed by atoms with Crippen molar-refractivity contribution in [2.45, 2.75) is 82.9 Å². The quantitative estimate of drug-likeness (QED) is 0.286. The first kappa shape index (κ1) is 16.1. The molecule has 0 aromatic heterocycles. The highest BCUT2D eigenvalue weighted by Gasteiger charge is 2.78. The molecule has 1 unspecified atom stereocenters. The smallest absolute Gasteiger partial charge is 0.306 e. The molecule has 0 bridgehead atoms. The minimum atomic E-state index is -0.433. The van der Waals surface area contributed by atoms with Crippen LogP contribution in [0.4, 0.5) is 0 Å². The Morgan fingerprint density at radius 1 is 1.23 bits per heavy atom. The van der Waals surface area contributed by atoms with Crippen molar-refractivity contribution >= 4 is 5.97 Å². The van der Waals surface area contributed by atoms with Gasteiger partial charge in [-0.2, -0.15) is 0 Å². The van der Waals surface area contributed by atoms with E-state index in [0.29, 0.717) is 24.2 Å². The monoisotopic (exact) mass is 357 g/mol. The lowest BCUT2D eigenvalue weighted by atomic mass is 9.51. The van der Waals surface area contributed by atoms with Crippen LogP contribution in [0.15, 0.2) is 11.6 Å². The molecule has 142 valence electrons. The number of carbonyl (C=O) groups is 1. The van der Waals surface area contributed by atoms with Gasteiger partial charge in [-0.25, -0.2) is 0 Å². The normalized spacial score (nSPS) is 59.8. The number of carbonyl (C=O) groups excluding carboxylic acids is 1. The highest BCUT2D eigenvalue weighted by atomic mass is 16.6. The second-order valence-corrected chi connectivity index (χ2v) is 10.5. The second kappa shape index (κ2) is 4.75. The summed E-state index contributed by atoms with van der Waals surface area (Å²) in [4.78, 5) is 12.4. The van der Waals surface area contributed by atoms with Gasteiger partial charge in [0, 0.05) is 18.3 Å². The maximum atomic E-state index is 14.7. The van der Waals surface area contributed by atoms with E-state index in [2.05, 4.69) is 19.9 Å². The second-order valence-electron chi connectivity index (χ2n) is 10.5. The number of esters is 1. The third kappa shape index (κ3) is 1.56. The lowest BCUT2D eigenvalue weighted by Crippen LogP contribution is -2.78. The number of fused-ring (bicyclic) bond motifs is 5. The molecule has 0 aromatic rings. The van der Waals surface area contributed by atoms with Crippen LogP contribution in [-0.4, -0.2) is 34.8 Å². The largest absolute Gasteiger partial charge is 0.632 e. The predicted octanol–water partition coefficient (Wildman–Crippen LogP) is 3.94. The van der Waals surface area contributed by atoms with E-state index in [4.69, 9.17) is 4.74 Å². The molecule has 3 heterocycles. The molecule has 0 aromatic carbocycles. The molecule has 6 rings (SSSR count). The molecule has 0 amide bonds. The first-order valence-electron chi connectivity index (χ1n) is 10.9. The van der Waals surface area contributed by atoms with Crippen molar-refractivity contribution < 1.29 is 14.2 Å². The van der Waals surface area contributed by atoms with E-state index < -0.39 is 5.60 Å². The standard InChI is InChI=1S/C22H31NO3/c1-13-12-23(25)19-16-5-3-4-14(16)6-7-17(19)21(2)22(11-9-18(24)26-21)10-8-15(13)20(22)23/h5,13-15,17,19-20H,3-4,6-12H2,1-2H3/t13-,14-,15-,17+,19+,20+,21+,22+,23?/m1/s1. The molecule has 1 spiro atoms. The summed E-state index contributed by atoms with van der Waals surface area (Å²) >= 11 is 0. The van der Waals surface area contributed by atoms with Gasteiger partial charge in [0.05, 0.1) is 17.9 Å². The van der Waals surface area contributed by atoms with Gasteiger partial charge in [0.1, 0.15) is 17.7 Å². The maximum Gasteiger partial charge on any atom is 0.306 e. The Kier molecular flexibility index (Phi) is 2.94. The minimum Gasteiger partial charge on any atom is -0.632 e. The maximum absolute atomic E-state index is 14.7. The zero-order chi connectivity index (χ0) is 17.9. The van der Waals surface area contributed by atoms with Crippen molar-refractivity contribution in [2.75, 3.05) is 6.54 Å². The summed E-state index contributed by atoms with van der Waals surface area (Å²) in [5.74, 6) is 1.82. The number of nitrogens with zero attached hydrogens (tertiary/aromatic N) is 1. The summed E-state index contributed by atoms with van der Waals surface area (Å²) < 4.78 is 6.31. The van der Waals surface area contributed by atoms with Gasteiger partial charge in [-0.3, -0.25) is 4.79 Å². The highest BCUT2D eigenvalue weighted by molar-refractivity contribution is 5.71. The molecule has 4 nitrogen and oxygen atoms in total. The average Bonchev–Trinajstić information content (AvgIpc) is 3.27. The molecular formula is C22H31NO3. The molecule has 2 saturated carbocycles. The molecule has 3 aliphatic carbocycles. The Morgan fingerprint density at radius 3 is 2.92 bits per heavy atom. The first-order valence-corrected chi connectivity index (χ1v) is 10.9. The predicted molar refractivity (Wildman–Crippen MR) is 97.7 cm³/mol. The number of hydrogen-bond acceptors (Lipinski definition) is 3. The fraction of sp³-hybridized carbons (Fsp3) is 0.864. The van der Waals surface area contributed by atoms with E-state index in [9.17, 15) is 10.0 Å². The van der Waals surface area contributed by atoms with Crippen LogP contribution < -0.4 is 0 Å². The van der Waals surface area contributed by atoms with Gasteiger partial charge in [0.15, 0.2) is 0 Å². The molecule has 4 heteroatoms. The van der Waals surface area contributed by atoms with Crippen LogP contribution in [0, 0.1) is 34.3 Å². The van der Waals surface area contributed by atoms with Crippen LogP contribution in [-0.2, 0) is 9.53 Å². The lowest BCUT2D eigenvalue weighted by Gasteiger charge is -2.70. The van der Waals surface area contributed by atoms with E-state index in [1.54, 1.807) is 0 Å². The summed E-state index contributed by atoms with van der Waals surface area (Å²) in [6, 6.07) is 0.202. The summed E-state index contributed by atoms with van der Waals surface area (Å²) in [5, 5.41) is 14.7. The Labute approximate surface area is 156 Å². The average molecular weight is 357 g/mol. The number of hydroxylamine groups is 3. The number of allylic oxidation sites excluding steroid dienone is 1.